The predicted octanol–water partition coefficient (Wildman–Crippen LogP) is 2.26. The molecule has 20 heavy (non-hydrogen) atoms. The van der Waals surface area contributed by atoms with Crippen LogP contribution in [0.2, 0.25) is 0 Å². The highest BCUT2D eigenvalue weighted by Crippen LogP contribution is 2.16. The Labute approximate surface area is 124 Å². The van der Waals surface area contributed by atoms with Crippen molar-refractivity contribution in [2.75, 3.05) is 26.2 Å². The second-order valence-corrected chi connectivity index (χ2v) is 7.44. The van der Waals surface area contributed by atoms with Crippen molar-refractivity contribution < 1.29 is 13.2 Å². The monoisotopic (exact) mass is 318 g/mol. The van der Waals surface area contributed by atoms with Crippen LogP contribution in [0.3, 0.4) is 0 Å². The van der Waals surface area contributed by atoms with Crippen LogP contribution in [0.4, 0.5) is 0 Å². The summed E-state index contributed by atoms with van der Waals surface area (Å²) in [6.45, 7) is 3.98. The van der Waals surface area contributed by atoms with Gasteiger partial charge in [0.05, 0.1) is 12.8 Å². The van der Waals surface area contributed by atoms with Gasteiger partial charge in [-0.2, -0.15) is 0 Å². The Morgan fingerprint density at radius 3 is 2.60 bits per heavy atom. The van der Waals surface area contributed by atoms with E-state index < -0.39 is 9.05 Å². The third kappa shape index (κ3) is 4.92. The minimum Gasteiger partial charge on any atom is -0.478 e. The van der Waals surface area contributed by atoms with E-state index >= 15 is 0 Å². The summed E-state index contributed by atoms with van der Waals surface area (Å²) in [6.07, 6.45) is 6.07. The molecule has 0 atom stereocenters. The van der Waals surface area contributed by atoms with E-state index in [1.54, 1.807) is 0 Å². The SMILES string of the molecule is O=S(=O)(Cl)c1ccc(OCCCN2CCCCC2)nc1. The molecule has 2 heterocycles. The quantitative estimate of drug-likeness (QED) is 0.595. The molecule has 0 aliphatic carbocycles. The molecular formula is C13H19ClN2O3S. The van der Waals surface area contributed by atoms with Gasteiger partial charge in [-0.3, -0.25) is 0 Å². The van der Waals surface area contributed by atoms with Gasteiger partial charge < -0.3 is 9.64 Å². The van der Waals surface area contributed by atoms with E-state index in [2.05, 4.69) is 9.88 Å². The average Bonchev–Trinajstić information content (AvgIpc) is 2.44. The fraction of sp³-hybridized carbons (Fsp3) is 0.615. The highest BCUT2D eigenvalue weighted by Gasteiger charge is 2.11. The molecule has 0 radical (unpaired) electrons. The molecule has 1 fully saturated rings. The van der Waals surface area contributed by atoms with Crippen LogP contribution in [-0.2, 0) is 9.05 Å². The molecular weight excluding hydrogens is 300 g/mol. The zero-order valence-corrected chi connectivity index (χ0v) is 12.9. The lowest BCUT2D eigenvalue weighted by atomic mass is 10.1. The van der Waals surface area contributed by atoms with Crippen molar-refractivity contribution in [3.63, 3.8) is 0 Å². The molecule has 1 aromatic heterocycles. The van der Waals surface area contributed by atoms with Gasteiger partial charge in [-0.05, 0) is 38.4 Å². The summed E-state index contributed by atoms with van der Waals surface area (Å²) < 4.78 is 27.6. The number of aromatic nitrogens is 1. The number of hydrogen-bond donors (Lipinski definition) is 0. The highest BCUT2D eigenvalue weighted by molar-refractivity contribution is 8.13. The molecule has 7 heteroatoms. The summed E-state index contributed by atoms with van der Waals surface area (Å²) in [5, 5.41) is 0. The standard InChI is InChI=1S/C13H19ClN2O3S/c14-20(17,18)12-5-6-13(15-11-12)19-10-4-9-16-7-2-1-3-8-16/h5-6,11H,1-4,7-10H2. The first-order valence-electron chi connectivity index (χ1n) is 6.81. The predicted molar refractivity (Wildman–Crippen MR) is 77.7 cm³/mol. The van der Waals surface area contributed by atoms with E-state index in [1.165, 1.54) is 50.7 Å². The van der Waals surface area contributed by atoms with Gasteiger partial charge >= 0.3 is 0 Å². The maximum atomic E-state index is 11.1. The first-order chi connectivity index (χ1) is 9.55. The second kappa shape index (κ2) is 7.24. The number of ether oxygens (including phenoxy) is 1. The Balaban J connectivity index is 1.71. The van der Waals surface area contributed by atoms with Crippen molar-refractivity contribution in [3.05, 3.63) is 18.3 Å². The van der Waals surface area contributed by atoms with Crippen LogP contribution in [0, 0.1) is 0 Å². The molecule has 1 aliphatic rings. The molecule has 0 unspecified atom stereocenters. The second-order valence-electron chi connectivity index (χ2n) is 4.87. The molecule has 5 nitrogen and oxygen atoms in total. The van der Waals surface area contributed by atoms with Crippen LogP contribution in [-0.4, -0.2) is 44.5 Å². The highest BCUT2D eigenvalue weighted by atomic mass is 35.7. The van der Waals surface area contributed by atoms with Gasteiger partial charge in [0.2, 0.25) is 5.88 Å². The molecule has 1 aromatic rings. The molecule has 112 valence electrons. The van der Waals surface area contributed by atoms with E-state index in [0.717, 1.165) is 13.0 Å². The smallest absolute Gasteiger partial charge is 0.262 e. The maximum absolute atomic E-state index is 11.1. The molecule has 0 spiro atoms. The number of likely N-dealkylation sites (tertiary alicyclic amines) is 1. The summed E-state index contributed by atoms with van der Waals surface area (Å²) in [7, 11) is 1.50. The fourth-order valence-corrected chi connectivity index (χ4v) is 2.93. The lowest BCUT2D eigenvalue weighted by Crippen LogP contribution is -2.31. The summed E-state index contributed by atoms with van der Waals surface area (Å²) >= 11 is 0. The summed E-state index contributed by atoms with van der Waals surface area (Å²) in [6, 6.07) is 2.92. The van der Waals surface area contributed by atoms with E-state index in [0.29, 0.717) is 12.5 Å². The van der Waals surface area contributed by atoms with Gasteiger partial charge in [-0.1, -0.05) is 6.42 Å². The van der Waals surface area contributed by atoms with Gasteiger partial charge in [-0.25, -0.2) is 13.4 Å². The molecule has 0 aromatic carbocycles. The zero-order valence-electron chi connectivity index (χ0n) is 11.3. The van der Waals surface area contributed by atoms with Crippen LogP contribution in [0.15, 0.2) is 23.2 Å². The number of halogens is 1. The normalized spacial score (nSPS) is 17.1. The maximum Gasteiger partial charge on any atom is 0.262 e. The average molecular weight is 319 g/mol. The van der Waals surface area contributed by atoms with Gasteiger partial charge in [0.25, 0.3) is 9.05 Å². The molecule has 1 aliphatic heterocycles. The lowest BCUT2D eigenvalue weighted by Gasteiger charge is -2.26. The first-order valence-corrected chi connectivity index (χ1v) is 9.12. The van der Waals surface area contributed by atoms with Crippen LogP contribution in [0.5, 0.6) is 5.88 Å². The first kappa shape index (κ1) is 15.5. The molecule has 0 saturated carbocycles. The van der Waals surface area contributed by atoms with Gasteiger partial charge in [0.1, 0.15) is 4.90 Å². The van der Waals surface area contributed by atoms with Crippen molar-refractivity contribution in [3.8, 4) is 5.88 Å². The number of pyridine rings is 1. The fourth-order valence-electron chi connectivity index (χ4n) is 2.24. The van der Waals surface area contributed by atoms with E-state index in [9.17, 15) is 8.42 Å². The third-order valence-corrected chi connectivity index (χ3v) is 4.65. The number of rotatable bonds is 6. The van der Waals surface area contributed by atoms with Gasteiger partial charge in [0.15, 0.2) is 0 Å². The number of nitrogens with zero attached hydrogens (tertiary/aromatic N) is 2. The van der Waals surface area contributed by atoms with Crippen LogP contribution < -0.4 is 4.74 Å². The Morgan fingerprint density at radius 2 is 2.00 bits per heavy atom. The number of piperidine rings is 1. The molecule has 1 saturated heterocycles. The summed E-state index contributed by atoms with van der Waals surface area (Å²) in [4.78, 5) is 6.36. The Kier molecular flexibility index (Phi) is 5.63. The number of hydrogen-bond acceptors (Lipinski definition) is 5. The molecule has 0 bridgehead atoms. The summed E-state index contributed by atoms with van der Waals surface area (Å²) in [5.41, 5.74) is 0. The Hall–Kier alpha value is -0.850. The molecule has 2 rings (SSSR count). The van der Waals surface area contributed by atoms with E-state index in [-0.39, 0.29) is 4.90 Å². The minimum atomic E-state index is -3.71. The van der Waals surface area contributed by atoms with Crippen molar-refractivity contribution in [1.82, 2.24) is 9.88 Å². The van der Waals surface area contributed by atoms with Crippen molar-refractivity contribution >= 4 is 19.7 Å². The van der Waals surface area contributed by atoms with Crippen molar-refractivity contribution in [2.45, 2.75) is 30.6 Å². The van der Waals surface area contributed by atoms with E-state index in [1.807, 2.05) is 0 Å². The van der Waals surface area contributed by atoms with Crippen molar-refractivity contribution in [2.24, 2.45) is 0 Å². The minimum absolute atomic E-state index is 0.0140. The van der Waals surface area contributed by atoms with Gasteiger partial charge in [-0.15, -0.1) is 0 Å². The van der Waals surface area contributed by atoms with Crippen LogP contribution in [0.25, 0.3) is 0 Å². The van der Waals surface area contributed by atoms with E-state index in [4.69, 9.17) is 15.4 Å². The van der Waals surface area contributed by atoms with Crippen LogP contribution >= 0.6 is 10.7 Å². The van der Waals surface area contributed by atoms with Gasteiger partial charge in [0, 0.05) is 23.3 Å². The topological polar surface area (TPSA) is 59.5 Å². The zero-order chi connectivity index (χ0) is 14.4. The molecule has 0 N–H and O–H groups in total. The largest absolute Gasteiger partial charge is 0.478 e. The third-order valence-electron chi connectivity index (χ3n) is 3.31. The Morgan fingerprint density at radius 1 is 1.25 bits per heavy atom. The molecule has 0 amide bonds. The lowest BCUT2D eigenvalue weighted by molar-refractivity contribution is 0.203. The van der Waals surface area contributed by atoms with Crippen molar-refractivity contribution in [1.29, 1.82) is 0 Å². The Bertz CT molecular complexity index is 513. The van der Waals surface area contributed by atoms with Crippen LogP contribution in [0.1, 0.15) is 25.7 Å². The summed E-state index contributed by atoms with van der Waals surface area (Å²) in [5.74, 6) is 0.424.